The van der Waals surface area contributed by atoms with Crippen LogP contribution in [0.3, 0.4) is 0 Å². The molecular formula is C17H25Cl2NO. The molecule has 118 valence electrons. The van der Waals surface area contributed by atoms with E-state index in [0.29, 0.717) is 22.1 Å². The van der Waals surface area contributed by atoms with E-state index in [1.807, 2.05) is 19.1 Å². The number of hydrogen-bond acceptors (Lipinski definition) is 2. The van der Waals surface area contributed by atoms with Gasteiger partial charge in [0, 0.05) is 16.7 Å². The van der Waals surface area contributed by atoms with Crippen LogP contribution in [0.2, 0.25) is 10.0 Å². The predicted octanol–water partition coefficient (Wildman–Crippen LogP) is 5.37. The quantitative estimate of drug-likeness (QED) is 0.805. The SMILES string of the molecule is CCOC1(C(N)c2cc(Cl)ccc2Cl)CCC(C)(C)CC1. The first-order chi connectivity index (χ1) is 9.80. The summed E-state index contributed by atoms with van der Waals surface area (Å²) in [5.74, 6) is 0. The van der Waals surface area contributed by atoms with Crippen molar-refractivity contribution < 1.29 is 4.74 Å². The lowest BCUT2D eigenvalue weighted by atomic mass is 9.67. The molecule has 1 aromatic rings. The predicted molar refractivity (Wildman–Crippen MR) is 90.0 cm³/mol. The van der Waals surface area contributed by atoms with Gasteiger partial charge < -0.3 is 10.5 Å². The maximum absolute atomic E-state index is 6.58. The van der Waals surface area contributed by atoms with Crippen LogP contribution in [-0.4, -0.2) is 12.2 Å². The highest BCUT2D eigenvalue weighted by Crippen LogP contribution is 2.47. The second-order valence-electron chi connectivity index (χ2n) is 6.81. The fourth-order valence-corrected chi connectivity index (χ4v) is 3.63. The smallest absolute Gasteiger partial charge is 0.0874 e. The maximum Gasteiger partial charge on any atom is 0.0874 e. The van der Waals surface area contributed by atoms with Crippen molar-refractivity contribution in [2.75, 3.05) is 6.61 Å². The first kappa shape index (κ1) is 17.1. The molecule has 1 unspecified atom stereocenters. The molecule has 0 saturated heterocycles. The molecule has 0 aliphatic heterocycles. The Morgan fingerprint density at radius 1 is 1.19 bits per heavy atom. The number of rotatable bonds is 4. The van der Waals surface area contributed by atoms with Gasteiger partial charge in [-0.1, -0.05) is 37.0 Å². The van der Waals surface area contributed by atoms with Gasteiger partial charge >= 0.3 is 0 Å². The number of ether oxygens (including phenoxy) is 1. The van der Waals surface area contributed by atoms with E-state index in [9.17, 15) is 0 Å². The molecule has 1 atom stereocenters. The van der Waals surface area contributed by atoms with Crippen LogP contribution >= 0.6 is 23.2 Å². The lowest BCUT2D eigenvalue weighted by Gasteiger charge is -2.46. The highest BCUT2D eigenvalue weighted by Gasteiger charge is 2.44. The molecule has 0 bridgehead atoms. The van der Waals surface area contributed by atoms with Gasteiger partial charge in [-0.2, -0.15) is 0 Å². The average molecular weight is 330 g/mol. The minimum Gasteiger partial charge on any atom is -0.373 e. The maximum atomic E-state index is 6.58. The lowest BCUT2D eigenvalue weighted by Crippen LogP contribution is -2.48. The standard InChI is InChI=1S/C17H25Cl2NO/c1-4-21-17(9-7-16(2,3)8-10-17)15(20)13-11-12(18)5-6-14(13)19/h5-6,11,15H,4,7-10,20H2,1-3H3. The van der Waals surface area contributed by atoms with E-state index in [2.05, 4.69) is 13.8 Å². The van der Waals surface area contributed by atoms with Gasteiger partial charge in [0.15, 0.2) is 0 Å². The Morgan fingerprint density at radius 3 is 2.38 bits per heavy atom. The number of hydrogen-bond donors (Lipinski definition) is 1. The Balaban J connectivity index is 2.31. The summed E-state index contributed by atoms with van der Waals surface area (Å²) in [4.78, 5) is 0. The first-order valence-corrected chi connectivity index (χ1v) is 8.40. The zero-order valence-electron chi connectivity index (χ0n) is 13.1. The average Bonchev–Trinajstić information content (AvgIpc) is 2.44. The third-order valence-electron chi connectivity index (χ3n) is 4.74. The van der Waals surface area contributed by atoms with Crippen molar-refractivity contribution in [1.29, 1.82) is 0 Å². The second-order valence-corrected chi connectivity index (χ2v) is 7.65. The minimum atomic E-state index is -0.335. The van der Waals surface area contributed by atoms with Crippen LogP contribution in [-0.2, 0) is 4.74 Å². The van der Waals surface area contributed by atoms with Crippen LogP contribution in [0.15, 0.2) is 18.2 Å². The van der Waals surface area contributed by atoms with Crippen LogP contribution in [0, 0.1) is 5.41 Å². The van der Waals surface area contributed by atoms with Crippen LogP contribution in [0.25, 0.3) is 0 Å². The van der Waals surface area contributed by atoms with E-state index in [-0.39, 0.29) is 11.6 Å². The number of benzene rings is 1. The third kappa shape index (κ3) is 3.73. The summed E-state index contributed by atoms with van der Waals surface area (Å²) in [5, 5.41) is 1.32. The molecule has 0 aromatic heterocycles. The summed E-state index contributed by atoms with van der Waals surface area (Å²) in [6, 6.07) is 5.22. The van der Waals surface area contributed by atoms with E-state index < -0.39 is 0 Å². The molecule has 0 amide bonds. The first-order valence-electron chi connectivity index (χ1n) is 7.64. The van der Waals surface area contributed by atoms with Gasteiger partial charge in [0.1, 0.15) is 0 Å². The molecule has 2 rings (SSSR count). The number of nitrogens with two attached hydrogens (primary N) is 1. The van der Waals surface area contributed by atoms with Crippen molar-refractivity contribution in [2.45, 2.75) is 58.1 Å². The molecule has 1 saturated carbocycles. The molecule has 2 N–H and O–H groups in total. The summed E-state index contributed by atoms with van der Waals surface area (Å²) in [6.07, 6.45) is 4.13. The van der Waals surface area contributed by atoms with E-state index in [1.165, 1.54) is 0 Å². The molecule has 1 fully saturated rings. The van der Waals surface area contributed by atoms with E-state index in [0.717, 1.165) is 31.2 Å². The van der Waals surface area contributed by atoms with Gasteiger partial charge in [-0.25, -0.2) is 0 Å². The van der Waals surface area contributed by atoms with E-state index in [4.69, 9.17) is 33.7 Å². The Hall–Kier alpha value is -0.280. The van der Waals surface area contributed by atoms with Crippen LogP contribution < -0.4 is 5.73 Å². The van der Waals surface area contributed by atoms with Crippen molar-refractivity contribution in [1.82, 2.24) is 0 Å². The topological polar surface area (TPSA) is 35.2 Å². The van der Waals surface area contributed by atoms with Crippen LogP contribution in [0.5, 0.6) is 0 Å². The van der Waals surface area contributed by atoms with Gasteiger partial charge in [0.2, 0.25) is 0 Å². The Labute approximate surface area is 137 Å². The molecule has 1 aliphatic carbocycles. The second kappa shape index (κ2) is 6.45. The van der Waals surface area contributed by atoms with Crippen LogP contribution in [0.1, 0.15) is 58.1 Å². The zero-order chi connectivity index (χ0) is 15.7. The highest BCUT2D eigenvalue weighted by atomic mass is 35.5. The van der Waals surface area contributed by atoms with Crippen molar-refractivity contribution >= 4 is 23.2 Å². The van der Waals surface area contributed by atoms with Crippen molar-refractivity contribution in [3.8, 4) is 0 Å². The highest BCUT2D eigenvalue weighted by molar-refractivity contribution is 6.33. The van der Waals surface area contributed by atoms with E-state index in [1.54, 1.807) is 6.07 Å². The fraction of sp³-hybridized carbons (Fsp3) is 0.647. The van der Waals surface area contributed by atoms with Crippen molar-refractivity contribution in [3.05, 3.63) is 33.8 Å². The fourth-order valence-electron chi connectivity index (χ4n) is 3.22. The molecule has 1 aliphatic rings. The minimum absolute atomic E-state index is 0.250. The van der Waals surface area contributed by atoms with Gasteiger partial charge in [-0.05, 0) is 61.8 Å². The Kier molecular flexibility index (Phi) is 5.25. The Morgan fingerprint density at radius 2 is 1.81 bits per heavy atom. The monoisotopic (exact) mass is 329 g/mol. The summed E-state index contributed by atoms with van der Waals surface area (Å²) in [6.45, 7) is 7.29. The Bertz CT molecular complexity index is 492. The molecule has 0 heterocycles. The van der Waals surface area contributed by atoms with Crippen LogP contribution in [0.4, 0.5) is 0 Å². The molecule has 21 heavy (non-hydrogen) atoms. The summed E-state index contributed by atoms with van der Waals surface area (Å²) < 4.78 is 6.15. The summed E-state index contributed by atoms with van der Waals surface area (Å²) in [5.41, 5.74) is 7.49. The van der Waals surface area contributed by atoms with E-state index >= 15 is 0 Å². The molecule has 0 spiro atoms. The summed E-state index contributed by atoms with van der Waals surface area (Å²) in [7, 11) is 0. The zero-order valence-corrected chi connectivity index (χ0v) is 14.6. The van der Waals surface area contributed by atoms with Gasteiger partial charge in [-0.3, -0.25) is 0 Å². The largest absolute Gasteiger partial charge is 0.373 e. The molecule has 0 radical (unpaired) electrons. The normalized spacial score (nSPS) is 22.0. The van der Waals surface area contributed by atoms with Gasteiger partial charge in [0.05, 0.1) is 11.6 Å². The van der Waals surface area contributed by atoms with Crippen molar-refractivity contribution in [2.24, 2.45) is 11.1 Å². The third-order valence-corrected chi connectivity index (χ3v) is 5.32. The molecular weight excluding hydrogens is 305 g/mol. The summed E-state index contributed by atoms with van der Waals surface area (Å²) >= 11 is 12.4. The lowest BCUT2D eigenvalue weighted by molar-refractivity contribution is -0.100. The molecule has 2 nitrogen and oxygen atoms in total. The molecule has 4 heteroatoms. The van der Waals surface area contributed by atoms with Gasteiger partial charge in [0.25, 0.3) is 0 Å². The number of halogens is 2. The van der Waals surface area contributed by atoms with Crippen molar-refractivity contribution in [3.63, 3.8) is 0 Å². The van der Waals surface area contributed by atoms with Gasteiger partial charge in [-0.15, -0.1) is 0 Å². The molecule has 1 aromatic carbocycles.